The summed E-state index contributed by atoms with van der Waals surface area (Å²) in [6.07, 6.45) is 0.992. The zero-order chi connectivity index (χ0) is 17.7. The van der Waals surface area contributed by atoms with E-state index in [1.165, 1.54) is 12.1 Å². The van der Waals surface area contributed by atoms with E-state index in [0.717, 1.165) is 13.0 Å². The van der Waals surface area contributed by atoms with Gasteiger partial charge in [0.2, 0.25) is 11.8 Å². The van der Waals surface area contributed by atoms with Crippen LogP contribution in [0.3, 0.4) is 0 Å². The number of nitrogens with zero attached hydrogens (tertiary/aromatic N) is 3. The molecule has 2 amide bonds. The lowest BCUT2D eigenvalue weighted by Gasteiger charge is -2.18. The van der Waals surface area contributed by atoms with Crippen molar-refractivity contribution in [3.8, 4) is 0 Å². The molecule has 1 aromatic rings. The van der Waals surface area contributed by atoms with E-state index in [4.69, 9.17) is 0 Å². The molecule has 0 spiro atoms. The molecule has 1 N–H and O–H groups in total. The Morgan fingerprint density at radius 2 is 2.12 bits per heavy atom. The normalized spacial score (nSPS) is 17.4. The largest absolute Gasteiger partial charge is 0.342 e. The van der Waals surface area contributed by atoms with E-state index in [-0.39, 0.29) is 29.6 Å². The van der Waals surface area contributed by atoms with Crippen LogP contribution < -0.4 is 5.32 Å². The molecule has 1 saturated heterocycles. The fourth-order valence-electron chi connectivity index (χ4n) is 2.72. The predicted molar refractivity (Wildman–Crippen MR) is 89.6 cm³/mol. The molecule has 0 saturated carbocycles. The Bertz CT molecular complexity index is 632. The molecule has 1 atom stereocenters. The average molecular weight is 334 g/mol. The Labute approximate surface area is 140 Å². The number of rotatable bonds is 7. The van der Waals surface area contributed by atoms with Crippen molar-refractivity contribution < 1.29 is 14.5 Å². The maximum absolute atomic E-state index is 12.3. The maximum Gasteiger partial charge on any atom is 0.292 e. The van der Waals surface area contributed by atoms with Crippen molar-refractivity contribution in [3.63, 3.8) is 0 Å². The zero-order valence-corrected chi connectivity index (χ0v) is 13.9. The molecule has 130 valence electrons. The summed E-state index contributed by atoms with van der Waals surface area (Å²) >= 11 is 0. The number of nitro benzene ring substituents is 1. The highest BCUT2D eigenvalue weighted by molar-refractivity contribution is 5.98. The summed E-state index contributed by atoms with van der Waals surface area (Å²) in [6, 6.07) is 5.99. The molecule has 0 aliphatic carbocycles. The second-order valence-electron chi connectivity index (χ2n) is 6.16. The zero-order valence-electron chi connectivity index (χ0n) is 13.9. The van der Waals surface area contributed by atoms with Crippen LogP contribution in [0.25, 0.3) is 0 Å². The molecule has 1 aromatic carbocycles. The molecular weight excluding hydrogens is 312 g/mol. The van der Waals surface area contributed by atoms with Crippen molar-refractivity contribution in [2.45, 2.75) is 12.8 Å². The van der Waals surface area contributed by atoms with Crippen LogP contribution in [0.1, 0.15) is 12.8 Å². The Morgan fingerprint density at radius 1 is 1.42 bits per heavy atom. The molecule has 1 aliphatic heterocycles. The van der Waals surface area contributed by atoms with Crippen molar-refractivity contribution >= 4 is 23.2 Å². The number of benzene rings is 1. The van der Waals surface area contributed by atoms with E-state index in [1.807, 2.05) is 19.0 Å². The highest BCUT2D eigenvalue weighted by Crippen LogP contribution is 2.25. The van der Waals surface area contributed by atoms with E-state index in [0.29, 0.717) is 13.1 Å². The summed E-state index contributed by atoms with van der Waals surface area (Å²) in [5.74, 6) is -0.874. The number of nitrogens with one attached hydrogen (secondary N) is 1. The summed E-state index contributed by atoms with van der Waals surface area (Å²) in [5, 5.41) is 13.6. The van der Waals surface area contributed by atoms with Gasteiger partial charge in [-0.25, -0.2) is 0 Å². The van der Waals surface area contributed by atoms with Gasteiger partial charge in [-0.3, -0.25) is 19.7 Å². The summed E-state index contributed by atoms with van der Waals surface area (Å²) in [6.45, 7) is 1.85. The second kappa shape index (κ2) is 7.87. The topological polar surface area (TPSA) is 95.8 Å². The first kappa shape index (κ1) is 17.9. The van der Waals surface area contributed by atoms with Gasteiger partial charge in [0.05, 0.1) is 10.8 Å². The first-order chi connectivity index (χ1) is 11.4. The monoisotopic (exact) mass is 334 g/mol. The highest BCUT2D eigenvalue weighted by Gasteiger charge is 2.34. The van der Waals surface area contributed by atoms with Crippen LogP contribution >= 0.6 is 0 Å². The van der Waals surface area contributed by atoms with Crippen LogP contribution in [0.5, 0.6) is 0 Å². The van der Waals surface area contributed by atoms with Gasteiger partial charge in [0.15, 0.2) is 0 Å². The van der Waals surface area contributed by atoms with E-state index in [1.54, 1.807) is 17.0 Å². The van der Waals surface area contributed by atoms with Crippen molar-refractivity contribution in [1.29, 1.82) is 0 Å². The minimum atomic E-state index is -0.539. The van der Waals surface area contributed by atoms with E-state index >= 15 is 0 Å². The Morgan fingerprint density at radius 3 is 2.79 bits per heavy atom. The Hall–Kier alpha value is -2.48. The van der Waals surface area contributed by atoms with Crippen LogP contribution in [0.4, 0.5) is 11.4 Å². The summed E-state index contributed by atoms with van der Waals surface area (Å²) in [4.78, 5) is 38.5. The number of carbonyl (C=O) groups is 2. The standard InChI is InChI=1S/C16H22N4O4/c1-18(2)8-5-9-19-11-12(10-15(19)21)16(22)17-13-6-3-4-7-14(13)20(23)24/h3-4,6-7,12H,5,8-11H2,1-2H3,(H,17,22). The van der Waals surface area contributed by atoms with Gasteiger partial charge in [0.25, 0.3) is 5.69 Å². The van der Waals surface area contributed by atoms with Gasteiger partial charge in [0.1, 0.15) is 5.69 Å². The SMILES string of the molecule is CN(C)CCCN1CC(C(=O)Nc2ccccc2[N+](=O)[O-])CC1=O. The summed E-state index contributed by atoms with van der Waals surface area (Å²) in [7, 11) is 3.93. The van der Waals surface area contributed by atoms with Gasteiger partial charge in [-0.2, -0.15) is 0 Å². The van der Waals surface area contributed by atoms with Crippen molar-refractivity contribution in [2.75, 3.05) is 39.0 Å². The van der Waals surface area contributed by atoms with Crippen LogP contribution in [0.2, 0.25) is 0 Å². The van der Waals surface area contributed by atoms with E-state index in [2.05, 4.69) is 5.32 Å². The van der Waals surface area contributed by atoms with Gasteiger partial charge in [-0.05, 0) is 33.1 Å². The molecule has 8 heteroatoms. The van der Waals surface area contributed by atoms with Crippen LogP contribution in [0.15, 0.2) is 24.3 Å². The highest BCUT2D eigenvalue weighted by atomic mass is 16.6. The molecule has 2 rings (SSSR count). The maximum atomic E-state index is 12.3. The van der Waals surface area contributed by atoms with E-state index < -0.39 is 10.8 Å². The lowest BCUT2D eigenvalue weighted by Crippen LogP contribution is -2.30. The first-order valence-corrected chi connectivity index (χ1v) is 7.85. The molecule has 0 radical (unpaired) electrons. The van der Waals surface area contributed by atoms with Gasteiger partial charge in [0, 0.05) is 25.6 Å². The predicted octanol–water partition coefficient (Wildman–Crippen LogP) is 1.33. The minimum absolute atomic E-state index is 0.0449. The molecule has 1 aliphatic rings. The molecule has 1 heterocycles. The number of likely N-dealkylation sites (tertiary alicyclic amines) is 1. The molecule has 1 unspecified atom stereocenters. The lowest BCUT2D eigenvalue weighted by molar-refractivity contribution is -0.383. The summed E-state index contributed by atoms with van der Waals surface area (Å²) in [5.41, 5.74) is 0.00372. The molecule has 0 bridgehead atoms. The fourth-order valence-corrected chi connectivity index (χ4v) is 2.72. The molecule has 1 fully saturated rings. The van der Waals surface area contributed by atoms with Crippen LogP contribution in [-0.4, -0.2) is 60.3 Å². The van der Waals surface area contributed by atoms with Gasteiger partial charge in [-0.15, -0.1) is 0 Å². The van der Waals surface area contributed by atoms with Crippen molar-refractivity contribution in [1.82, 2.24) is 9.80 Å². The summed E-state index contributed by atoms with van der Waals surface area (Å²) < 4.78 is 0. The molecular formula is C16H22N4O4. The number of carbonyl (C=O) groups excluding carboxylic acids is 2. The number of hydrogen-bond donors (Lipinski definition) is 1. The van der Waals surface area contributed by atoms with Gasteiger partial charge < -0.3 is 15.1 Å². The lowest BCUT2D eigenvalue weighted by atomic mass is 10.1. The number of nitro groups is 1. The first-order valence-electron chi connectivity index (χ1n) is 7.85. The number of hydrogen-bond acceptors (Lipinski definition) is 5. The van der Waals surface area contributed by atoms with Crippen molar-refractivity contribution in [2.24, 2.45) is 5.92 Å². The van der Waals surface area contributed by atoms with Gasteiger partial charge in [-0.1, -0.05) is 12.1 Å². The Balaban J connectivity index is 1.94. The third-order valence-electron chi connectivity index (χ3n) is 3.98. The van der Waals surface area contributed by atoms with Crippen LogP contribution in [0, 0.1) is 16.0 Å². The fraction of sp³-hybridized carbons (Fsp3) is 0.500. The van der Waals surface area contributed by atoms with E-state index in [9.17, 15) is 19.7 Å². The van der Waals surface area contributed by atoms with Gasteiger partial charge >= 0.3 is 0 Å². The number of para-hydroxylation sites is 2. The second-order valence-corrected chi connectivity index (χ2v) is 6.16. The molecule has 24 heavy (non-hydrogen) atoms. The third kappa shape index (κ3) is 4.51. The third-order valence-corrected chi connectivity index (χ3v) is 3.98. The smallest absolute Gasteiger partial charge is 0.292 e. The number of anilines is 1. The quantitative estimate of drug-likeness (QED) is 0.599. The van der Waals surface area contributed by atoms with Crippen molar-refractivity contribution in [3.05, 3.63) is 34.4 Å². The average Bonchev–Trinajstić information content (AvgIpc) is 2.88. The van der Waals surface area contributed by atoms with Crippen LogP contribution in [-0.2, 0) is 9.59 Å². The molecule has 8 nitrogen and oxygen atoms in total. The number of amides is 2. The Kier molecular flexibility index (Phi) is 5.86. The minimum Gasteiger partial charge on any atom is -0.342 e. The molecule has 0 aromatic heterocycles.